The second kappa shape index (κ2) is 11.1. The van der Waals surface area contributed by atoms with Gasteiger partial charge in [0, 0.05) is 43.5 Å². The van der Waals surface area contributed by atoms with Gasteiger partial charge in [0.05, 0.1) is 19.3 Å². The van der Waals surface area contributed by atoms with Crippen LogP contribution in [0, 0.1) is 5.92 Å². The van der Waals surface area contributed by atoms with E-state index in [9.17, 15) is 9.59 Å². The third kappa shape index (κ3) is 5.81. The van der Waals surface area contributed by atoms with Crippen LogP contribution < -0.4 is 10.2 Å². The van der Waals surface area contributed by atoms with Gasteiger partial charge in [-0.1, -0.05) is 12.8 Å². The molecule has 1 aromatic carbocycles. The molecule has 0 bridgehead atoms. The van der Waals surface area contributed by atoms with Crippen LogP contribution in [0.15, 0.2) is 24.3 Å². The van der Waals surface area contributed by atoms with Gasteiger partial charge in [0.25, 0.3) is 0 Å². The summed E-state index contributed by atoms with van der Waals surface area (Å²) in [4.78, 5) is 32.4. The number of amides is 2. The van der Waals surface area contributed by atoms with E-state index < -0.39 is 0 Å². The van der Waals surface area contributed by atoms with Crippen LogP contribution in [-0.2, 0) is 14.3 Å². The molecule has 3 saturated heterocycles. The summed E-state index contributed by atoms with van der Waals surface area (Å²) in [6.45, 7) is 8.73. The van der Waals surface area contributed by atoms with Crippen molar-refractivity contribution in [2.75, 3.05) is 62.7 Å². The molecule has 0 unspecified atom stereocenters. The number of benzene rings is 1. The lowest BCUT2D eigenvalue weighted by Crippen LogP contribution is -2.48. The Balaban J connectivity index is 1.24. The van der Waals surface area contributed by atoms with E-state index in [2.05, 4.69) is 32.1 Å². The zero-order valence-corrected chi connectivity index (χ0v) is 19.4. The van der Waals surface area contributed by atoms with E-state index >= 15 is 0 Å². The van der Waals surface area contributed by atoms with Crippen LogP contribution in [0.2, 0.25) is 0 Å². The summed E-state index contributed by atoms with van der Waals surface area (Å²) in [5.41, 5.74) is 1.99. The van der Waals surface area contributed by atoms with Gasteiger partial charge in [-0.3, -0.25) is 14.5 Å². The molecular formula is C25H38N4O3. The van der Waals surface area contributed by atoms with Crippen LogP contribution in [0.3, 0.4) is 0 Å². The summed E-state index contributed by atoms with van der Waals surface area (Å²) in [5.74, 6) is 0.470. The lowest BCUT2D eigenvalue weighted by atomic mass is 9.94. The number of hydrogen-bond donors (Lipinski definition) is 1. The highest BCUT2D eigenvalue weighted by atomic mass is 16.5. The van der Waals surface area contributed by atoms with E-state index in [0.29, 0.717) is 5.91 Å². The molecule has 7 nitrogen and oxygen atoms in total. The number of nitrogens with one attached hydrogen (secondary N) is 1. The second-order valence-corrected chi connectivity index (χ2v) is 9.36. The van der Waals surface area contributed by atoms with Crippen molar-refractivity contribution in [1.29, 1.82) is 0 Å². The summed E-state index contributed by atoms with van der Waals surface area (Å²) in [5, 5.41) is 3.06. The van der Waals surface area contributed by atoms with Gasteiger partial charge >= 0.3 is 0 Å². The average molecular weight is 443 g/mol. The maximum absolute atomic E-state index is 12.9. The molecule has 176 valence electrons. The van der Waals surface area contributed by atoms with E-state index in [1.807, 2.05) is 19.1 Å². The molecule has 4 rings (SSSR count). The van der Waals surface area contributed by atoms with Gasteiger partial charge in [0.2, 0.25) is 11.8 Å². The largest absolute Gasteiger partial charge is 0.378 e. The Morgan fingerprint density at radius 1 is 0.906 bits per heavy atom. The van der Waals surface area contributed by atoms with Gasteiger partial charge < -0.3 is 19.9 Å². The number of morpholine rings is 1. The first-order valence-electron chi connectivity index (χ1n) is 12.4. The van der Waals surface area contributed by atoms with Crippen molar-refractivity contribution in [2.45, 2.75) is 51.5 Å². The molecule has 3 aliphatic rings. The van der Waals surface area contributed by atoms with Crippen molar-refractivity contribution in [2.24, 2.45) is 5.92 Å². The second-order valence-electron chi connectivity index (χ2n) is 9.36. The first kappa shape index (κ1) is 23.1. The molecule has 1 aromatic rings. The van der Waals surface area contributed by atoms with Gasteiger partial charge in [-0.25, -0.2) is 0 Å². The van der Waals surface area contributed by atoms with Gasteiger partial charge in [0.1, 0.15) is 0 Å². The number of rotatable bonds is 5. The fraction of sp³-hybridized carbons (Fsp3) is 0.680. The summed E-state index contributed by atoms with van der Waals surface area (Å²) in [6.07, 6.45) is 6.45. The Morgan fingerprint density at radius 2 is 1.53 bits per heavy atom. The lowest BCUT2D eigenvalue weighted by molar-refractivity contribution is -0.137. The minimum absolute atomic E-state index is 0.0152. The van der Waals surface area contributed by atoms with Crippen LogP contribution in [0.1, 0.15) is 45.4 Å². The van der Waals surface area contributed by atoms with Gasteiger partial charge in [-0.05, 0) is 70.0 Å². The lowest BCUT2D eigenvalue weighted by Gasteiger charge is -2.36. The molecule has 0 spiro atoms. The summed E-state index contributed by atoms with van der Waals surface area (Å²) < 4.78 is 5.41. The van der Waals surface area contributed by atoms with Crippen molar-refractivity contribution in [3.8, 4) is 0 Å². The molecule has 3 fully saturated rings. The number of carbonyl (C=O) groups excluding carboxylic acids is 2. The summed E-state index contributed by atoms with van der Waals surface area (Å²) >= 11 is 0. The van der Waals surface area contributed by atoms with Gasteiger partial charge in [-0.2, -0.15) is 0 Å². The smallest absolute Gasteiger partial charge is 0.241 e. The molecule has 0 aliphatic carbocycles. The summed E-state index contributed by atoms with van der Waals surface area (Å²) in [7, 11) is 0. The number of likely N-dealkylation sites (tertiary alicyclic amines) is 2. The maximum Gasteiger partial charge on any atom is 0.241 e. The SMILES string of the molecule is C[C@@H](C(=O)Nc1ccc(N2CCOCC2)cc1)N1CCC(C(=O)N2CCCCCC2)CC1. The quantitative estimate of drug-likeness (QED) is 0.760. The van der Waals surface area contributed by atoms with Crippen LogP contribution in [-0.4, -0.2) is 80.1 Å². The van der Waals surface area contributed by atoms with Crippen LogP contribution in [0.5, 0.6) is 0 Å². The molecule has 0 aromatic heterocycles. The predicted molar refractivity (Wildman–Crippen MR) is 127 cm³/mol. The summed E-state index contributed by atoms with van der Waals surface area (Å²) in [6, 6.07) is 7.86. The highest BCUT2D eigenvalue weighted by molar-refractivity contribution is 5.94. The van der Waals surface area contributed by atoms with E-state index in [0.717, 1.165) is 89.5 Å². The molecule has 1 atom stereocenters. The zero-order chi connectivity index (χ0) is 22.3. The molecule has 1 N–H and O–H groups in total. The minimum atomic E-state index is -0.205. The Labute approximate surface area is 192 Å². The first-order valence-corrected chi connectivity index (χ1v) is 12.4. The number of ether oxygens (including phenoxy) is 1. The fourth-order valence-electron chi connectivity index (χ4n) is 5.07. The van der Waals surface area contributed by atoms with Crippen molar-refractivity contribution >= 4 is 23.2 Å². The van der Waals surface area contributed by atoms with Crippen molar-refractivity contribution in [1.82, 2.24) is 9.80 Å². The van der Waals surface area contributed by atoms with Gasteiger partial charge in [0.15, 0.2) is 0 Å². The highest BCUT2D eigenvalue weighted by Crippen LogP contribution is 2.24. The first-order chi connectivity index (χ1) is 15.6. The topological polar surface area (TPSA) is 65.1 Å². The standard InChI is InChI=1S/C25H38N4O3/c1-20(24(30)26-22-6-8-23(9-7-22)28-16-18-32-19-17-28)27-14-10-21(11-15-27)25(31)29-12-4-2-3-5-13-29/h6-9,20-21H,2-5,10-19H2,1H3,(H,26,30)/t20-/m0/s1. The number of carbonyl (C=O) groups is 2. The third-order valence-electron chi connectivity index (χ3n) is 7.23. The molecule has 0 saturated carbocycles. The fourth-order valence-corrected chi connectivity index (χ4v) is 5.07. The van der Waals surface area contributed by atoms with Gasteiger partial charge in [-0.15, -0.1) is 0 Å². The Hall–Kier alpha value is -2.12. The molecule has 3 aliphatic heterocycles. The number of hydrogen-bond acceptors (Lipinski definition) is 5. The Kier molecular flexibility index (Phi) is 8.03. The molecular weight excluding hydrogens is 404 g/mol. The van der Waals surface area contributed by atoms with Crippen LogP contribution >= 0.6 is 0 Å². The van der Waals surface area contributed by atoms with Crippen molar-refractivity contribution < 1.29 is 14.3 Å². The number of anilines is 2. The maximum atomic E-state index is 12.9. The molecule has 32 heavy (non-hydrogen) atoms. The molecule has 0 radical (unpaired) electrons. The van der Waals surface area contributed by atoms with E-state index in [-0.39, 0.29) is 17.9 Å². The normalized spacial score (nSPS) is 22.3. The van der Waals surface area contributed by atoms with E-state index in [1.54, 1.807) is 0 Å². The van der Waals surface area contributed by atoms with Crippen molar-refractivity contribution in [3.63, 3.8) is 0 Å². The number of piperidine rings is 1. The third-order valence-corrected chi connectivity index (χ3v) is 7.23. The van der Waals surface area contributed by atoms with Crippen LogP contribution in [0.25, 0.3) is 0 Å². The number of nitrogens with zero attached hydrogens (tertiary/aromatic N) is 3. The van der Waals surface area contributed by atoms with E-state index in [4.69, 9.17) is 4.74 Å². The highest BCUT2D eigenvalue weighted by Gasteiger charge is 2.32. The monoisotopic (exact) mass is 442 g/mol. The van der Waals surface area contributed by atoms with Crippen molar-refractivity contribution in [3.05, 3.63) is 24.3 Å². The van der Waals surface area contributed by atoms with Crippen LogP contribution in [0.4, 0.5) is 11.4 Å². The molecule has 2 amide bonds. The molecule has 7 heteroatoms. The Bertz CT molecular complexity index is 747. The predicted octanol–water partition coefficient (Wildman–Crippen LogP) is 2.96. The minimum Gasteiger partial charge on any atom is -0.378 e. The average Bonchev–Trinajstić information content (AvgIpc) is 3.14. The Morgan fingerprint density at radius 3 is 2.16 bits per heavy atom. The van der Waals surface area contributed by atoms with E-state index in [1.165, 1.54) is 12.8 Å². The molecule has 3 heterocycles. The zero-order valence-electron chi connectivity index (χ0n) is 19.4.